The van der Waals surface area contributed by atoms with Crippen LogP contribution in [-0.4, -0.2) is 11.2 Å². The van der Waals surface area contributed by atoms with Gasteiger partial charge in [-0.05, 0) is 42.8 Å². The van der Waals surface area contributed by atoms with Gasteiger partial charge in [0.1, 0.15) is 11.6 Å². The van der Waals surface area contributed by atoms with Crippen molar-refractivity contribution in [3.8, 4) is 5.75 Å². The van der Waals surface area contributed by atoms with Gasteiger partial charge in [-0.25, -0.2) is 4.39 Å². The van der Waals surface area contributed by atoms with Gasteiger partial charge < -0.3 is 9.30 Å². The third kappa shape index (κ3) is 2.39. The average Bonchev–Trinajstić information content (AvgIpc) is 2.84. The van der Waals surface area contributed by atoms with Crippen LogP contribution in [0.3, 0.4) is 0 Å². The predicted molar refractivity (Wildman–Crippen MR) is 78.6 cm³/mol. The van der Waals surface area contributed by atoms with Crippen LogP contribution in [0.2, 0.25) is 0 Å². The molecular formula is C17H16FNO. The van der Waals surface area contributed by atoms with Gasteiger partial charge in [0.2, 0.25) is 0 Å². The van der Waals surface area contributed by atoms with Crippen molar-refractivity contribution in [1.29, 1.82) is 0 Å². The Morgan fingerprint density at radius 3 is 2.75 bits per heavy atom. The number of halogens is 1. The molecule has 20 heavy (non-hydrogen) atoms. The Labute approximate surface area is 117 Å². The number of ether oxygens (including phenoxy) is 1. The van der Waals surface area contributed by atoms with E-state index in [9.17, 15) is 4.39 Å². The molecular weight excluding hydrogens is 253 g/mol. The minimum Gasteiger partial charge on any atom is -0.493 e. The van der Waals surface area contributed by atoms with Crippen LogP contribution in [-0.2, 0) is 6.54 Å². The van der Waals surface area contributed by atoms with Crippen LogP contribution >= 0.6 is 0 Å². The summed E-state index contributed by atoms with van der Waals surface area (Å²) < 4.78 is 21.0. The number of hydrogen-bond donors (Lipinski definition) is 0. The molecule has 2 nitrogen and oxygen atoms in total. The topological polar surface area (TPSA) is 14.2 Å². The lowest BCUT2D eigenvalue weighted by atomic mass is 10.2. The Morgan fingerprint density at radius 1 is 1.10 bits per heavy atom. The summed E-state index contributed by atoms with van der Waals surface area (Å²) in [5.74, 6) is 0.692. The molecule has 0 unspecified atom stereocenters. The van der Waals surface area contributed by atoms with E-state index in [2.05, 4.69) is 10.6 Å². The van der Waals surface area contributed by atoms with Crippen LogP contribution in [0, 0.1) is 5.82 Å². The lowest BCUT2D eigenvalue weighted by Gasteiger charge is -2.08. The lowest BCUT2D eigenvalue weighted by molar-refractivity contribution is 0.344. The fourth-order valence-electron chi connectivity index (χ4n) is 2.45. The van der Waals surface area contributed by atoms with Gasteiger partial charge >= 0.3 is 0 Å². The molecule has 0 radical (unpaired) electrons. The molecule has 0 bridgehead atoms. The maximum atomic E-state index is 13.2. The maximum absolute atomic E-state index is 13.2. The zero-order chi connectivity index (χ0) is 13.9. The number of nitrogens with zero attached hydrogens (tertiary/aromatic N) is 1. The van der Waals surface area contributed by atoms with Gasteiger partial charge in [-0.3, -0.25) is 0 Å². The average molecular weight is 269 g/mol. The minimum absolute atomic E-state index is 0.200. The summed E-state index contributed by atoms with van der Waals surface area (Å²) in [6.07, 6.45) is 2.01. The zero-order valence-electron chi connectivity index (χ0n) is 11.3. The minimum atomic E-state index is -0.200. The Balaban J connectivity index is 1.98. The molecule has 0 saturated carbocycles. The van der Waals surface area contributed by atoms with Crippen molar-refractivity contribution >= 4 is 10.9 Å². The maximum Gasteiger partial charge on any atom is 0.128 e. The summed E-state index contributed by atoms with van der Waals surface area (Å²) in [5, 5.41) is 1.09. The molecule has 0 atom stereocenters. The summed E-state index contributed by atoms with van der Waals surface area (Å²) in [6, 6.07) is 14.7. The molecule has 2 aromatic carbocycles. The Morgan fingerprint density at radius 2 is 1.95 bits per heavy atom. The molecule has 102 valence electrons. The Kier molecular flexibility index (Phi) is 3.42. The summed E-state index contributed by atoms with van der Waals surface area (Å²) in [5.41, 5.74) is 2.05. The molecule has 0 saturated heterocycles. The van der Waals surface area contributed by atoms with Gasteiger partial charge in [0, 0.05) is 18.1 Å². The lowest BCUT2D eigenvalue weighted by Crippen LogP contribution is -1.98. The first-order valence-corrected chi connectivity index (χ1v) is 6.73. The van der Waals surface area contributed by atoms with Crippen LogP contribution in [0.25, 0.3) is 10.9 Å². The number of fused-ring (bicyclic) bond motifs is 1. The number of rotatable bonds is 4. The van der Waals surface area contributed by atoms with E-state index in [1.165, 1.54) is 6.07 Å². The van der Waals surface area contributed by atoms with Gasteiger partial charge in [-0.1, -0.05) is 18.2 Å². The van der Waals surface area contributed by atoms with Crippen LogP contribution in [0.15, 0.2) is 54.7 Å². The fourth-order valence-corrected chi connectivity index (χ4v) is 2.45. The molecule has 0 N–H and O–H groups in total. The van der Waals surface area contributed by atoms with E-state index in [1.807, 2.05) is 37.4 Å². The molecule has 0 spiro atoms. The fraction of sp³-hybridized carbons (Fsp3) is 0.176. The molecule has 3 heteroatoms. The molecule has 1 heterocycles. The predicted octanol–water partition coefficient (Wildman–Crippen LogP) is 4.23. The molecule has 0 aliphatic rings. The standard InChI is InChI=1S/C17H16FNO/c1-2-20-17-8-4-7-16-15(17)9-10-19(16)12-13-5-3-6-14(18)11-13/h3-11H,2,12H2,1H3. The van der Waals surface area contributed by atoms with Crippen molar-refractivity contribution in [2.45, 2.75) is 13.5 Å². The van der Waals surface area contributed by atoms with Crippen molar-refractivity contribution in [3.05, 3.63) is 66.1 Å². The first-order valence-electron chi connectivity index (χ1n) is 6.73. The Bertz CT molecular complexity index is 733. The van der Waals surface area contributed by atoms with E-state index < -0.39 is 0 Å². The highest BCUT2D eigenvalue weighted by atomic mass is 19.1. The van der Waals surface area contributed by atoms with Crippen molar-refractivity contribution < 1.29 is 9.13 Å². The van der Waals surface area contributed by atoms with Gasteiger partial charge in [-0.2, -0.15) is 0 Å². The second-order valence-electron chi connectivity index (χ2n) is 4.70. The normalized spacial score (nSPS) is 10.9. The van der Waals surface area contributed by atoms with Crippen LogP contribution in [0.4, 0.5) is 4.39 Å². The first-order chi connectivity index (χ1) is 9.78. The molecule has 0 aliphatic heterocycles. The highest BCUT2D eigenvalue weighted by Gasteiger charge is 2.06. The SMILES string of the molecule is CCOc1cccc2c1ccn2Cc1cccc(F)c1. The molecule has 1 aromatic heterocycles. The third-order valence-corrected chi connectivity index (χ3v) is 3.32. The first kappa shape index (κ1) is 12.7. The molecule has 3 aromatic rings. The van der Waals surface area contributed by atoms with Crippen LogP contribution < -0.4 is 4.74 Å². The van der Waals surface area contributed by atoms with E-state index in [0.29, 0.717) is 13.2 Å². The largest absolute Gasteiger partial charge is 0.493 e. The van der Waals surface area contributed by atoms with Gasteiger partial charge in [0.15, 0.2) is 0 Å². The van der Waals surface area contributed by atoms with Crippen LogP contribution in [0.5, 0.6) is 5.75 Å². The highest BCUT2D eigenvalue weighted by Crippen LogP contribution is 2.27. The van der Waals surface area contributed by atoms with Crippen molar-refractivity contribution in [1.82, 2.24) is 4.57 Å². The molecule has 0 aliphatic carbocycles. The second kappa shape index (κ2) is 5.37. The van der Waals surface area contributed by atoms with Gasteiger partial charge in [0.25, 0.3) is 0 Å². The molecule has 0 fully saturated rings. The monoisotopic (exact) mass is 269 g/mol. The van der Waals surface area contributed by atoms with Crippen molar-refractivity contribution in [2.75, 3.05) is 6.61 Å². The van der Waals surface area contributed by atoms with Crippen molar-refractivity contribution in [2.24, 2.45) is 0 Å². The number of benzene rings is 2. The van der Waals surface area contributed by atoms with E-state index >= 15 is 0 Å². The number of hydrogen-bond acceptors (Lipinski definition) is 1. The summed E-state index contributed by atoms with van der Waals surface area (Å²) in [4.78, 5) is 0. The smallest absolute Gasteiger partial charge is 0.128 e. The second-order valence-corrected chi connectivity index (χ2v) is 4.70. The third-order valence-electron chi connectivity index (χ3n) is 3.32. The zero-order valence-corrected chi connectivity index (χ0v) is 11.3. The molecule has 0 amide bonds. The van der Waals surface area contributed by atoms with Crippen LogP contribution in [0.1, 0.15) is 12.5 Å². The quantitative estimate of drug-likeness (QED) is 0.691. The Hall–Kier alpha value is -2.29. The van der Waals surface area contributed by atoms with Gasteiger partial charge in [-0.15, -0.1) is 0 Å². The summed E-state index contributed by atoms with van der Waals surface area (Å²) in [7, 11) is 0. The van der Waals surface area contributed by atoms with E-state index in [4.69, 9.17) is 4.74 Å². The molecule has 3 rings (SSSR count). The van der Waals surface area contributed by atoms with E-state index in [-0.39, 0.29) is 5.82 Å². The van der Waals surface area contributed by atoms with Gasteiger partial charge in [0.05, 0.1) is 12.1 Å². The van der Waals surface area contributed by atoms with E-state index in [1.54, 1.807) is 12.1 Å². The summed E-state index contributed by atoms with van der Waals surface area (Å²) >= 11 is 0. The van der Waals surface area contributed by atoms with Crippen molar-refractivity contribution in [3.63, 3.8) is 0 Å². The summed E-state index contributed by atoms with van der Waals surface area (Å²) in [6.45, 7) is 3.27. The van der Waals surface area contributed by atoms with E-state index in [0.717, 1.165) is 22.2 Å². The highest BCUT2D eigenvalue weighted by molar-refractivity contribution is 5.86. The number of aromatic nitrogens is 1.